The summed E-state index contributed by atoms with van der Waals surface area (Å²) in [5, 5.41) is 15.2. The maximum absolute atomic E-state index is 10.3. The number of aliphatic hydroxyl groups excluding tert-OH is 1. The van der Waals surface area contributed by atoms with Crippen LogP contribution in [-0.2, 0) is 9.59 Å². The van der Waals surface area contributed by atoms with Gasteiger partial charge in [0.2, 0.25) is 0 Å². The Morgan fingerprint density at radius 3 is 2.08 bits per heavy atom. The van der Waals surface area contributed by atoms with E-state index in [0.717, 1.165) is 0 Å². The van der Waals surface area contributed by atoms with E-state index in [0.29, 0.717) is 0 Å². The fourth-order valence-corrected chi connectivity index (χ4v) is 1.24. The van der Waals surface area contributed by atoms with Crippen LogP contribution in [0.25, 0.3) is 0 Å². The molecule has 8 heteroatoms. The summed E-state index contributed by atoms with van der Waals surface area (Å²) in [5.74, 6) is 0. The van der Waals surface area contributed by atoms with Crippen molar-refractivity contribution in [2.75, 3.05) is 0 Å². The predicted molar refractivity (Wildman–Crippen MR) is 46.1 cm³/mol. The van der Waals surface area contributed by atoms with Gasteiger partial charge in [-0.3, -0.25) is 9.59 Å². The Labute approximate surface area is 86.8 Å². The van der Waals surface area contributed by atoms with Gasteiger partial charge in [0.15, 0.2) is 5.44 Å². The van der Waals surface area contributed by atoms with Crippen LogP contribution in [0.4, 0.5) is 0 Å². The van der Waals surface area contributed by atoms with Gasteiger partial charge in [0.05, 0.1) is 0 Å². The minimum atomic E-state index is -2.54. The molecule has 0 aromatic carbocycles. The molecule has 0 fully saturated rings. The average Bonchev–Trinajstić information content (AvgIpc) is 1.85. The SMILES string of the molecule is O=C(Cl)C(O)SC(O)(Cl)C(=O)Cl. The molecule has 0 heterocycles. The molecule has 2 unspecified atom stereocenters. The first-order chi connectivity index (χ1) is 5.27. The maximum atomic E-state index is 10.3. The molecule has 0 radical (unpaired) electrons. The lowest BCUT2D eigenvalue weighted by molar-refractivity contribution is -0.117. The van der Waals surface area contributed by atoms with Crippen LogP contribution >= 0.6 is 46.6 Å². The number of alkyl halides is 1. The van der Waals surface area contributed by atoms with Crippen LogP contribution in [0.3, 0.4) is 0 Å². The Morgan fingerprint density at radius 1 is 1.42 bits per heavy atom. The Hall–Kier alpha value is 0.480. The van der Waals surface area contributed by atoms with Crippen molar-refractivity contribution in [3.05, 3.63) is 0 Å². The number of rotatable bonds is 4. The summed E-state index contributed by atoms with van der Waals surface area (Å²) in [5.41, 5.74) is -1.79. The van der Waals surface area contributed by atoms with Crippen LogP contribution in [0.2, 0.25) is 0 Å². The molecule has 12 heavy (non-hydrogen) atoms. The molecule has 0 aliphatic carbocycles. The highest BCUT2D eigenvalue weighted by Crippen LogP contribution is 2.32. The molecular formula is C4H3Cl3O4S. The fraction of sp³-hybridized carbons (Fsp3) is 0.500. The van der Waals surface area contributed by atoms with Gasteiger partial charge in [0.25, 0.3) is 14.9 Å². The number of hydrogen-bond acceptors (Lipinski definition) is 5. The van der Waals surface area contributed by atoms with Crippen LogP contribution in [0, 0.1) is 0 Å². The molecule has 0 amide bonds. The Balaban J connectivity index is 4.24. The summed E-state index contributed by atoms with van der Waals surface area (Å²) in [6, 6.07) is 0. The van der Waals surface area contributed by atoms with E-state index in [2.05, 4.69) is 0 Å². The lowest BCUT2D eigenvalue weighted by atomic mass is 10.8. The van der Waals surface area contributed by atoms with Gasteiger partial charge < -0.3 is 10.2 Å². The lowest BCUT2D eigenvalue weighted by Crippen LogP contribution is -2.29. The molecule has 0 aromatic heterocycles. The molecule has 0 spiro atoms. The van der Waals surface area contributed by atoms with Crippen molar-refractivity contribution in [2.45, 2.75) is 9.83 Å². The first-order valence-electron chi connectivity index (χ1n) is 2.44. The molecule has 0 saturated carbocycles. The van der Waals surface area contributed by atoms with Crippen molar-refractivity contribution in [3.63, 3.8) is 0 Å². The van der Waals surface area contributed by atoms with Crippen LogP contribution in [0.5, 0.6) is 0 Å². The normalized spacial score (nSPS) is 18.1. The van der Waals surface area contributed by atoms with Gasteiger partial charge in [-0.15, -0.1) is 0 Å². The zero-order chi connectivity index (χ0) is 9.94. The third-order valence-electron chi connectivity index (χ3n) is 0.704. The number of carbonyl (C=O) groups is 2. The van der Waals surface area contributed by atoms with Gasteiger partial charge in [-0.2, -0.15) is 0 Å². The maximum Gasteiger partial charge on any atom is 0.280 e. The second-order valence-electron chi connectivity index (χ2n) is 1.61. The molecule has 0 aliphatic rings. The van der Waals surface area contributed by atoms with E-state index >= 15 is 0 Å². The van der Waals surface area contributed by atoms with Gasteiger partial charge in [-0.1, -0.05) is 23.4 Å². The molecule has 2 atom stereocenters. The monoisotopic (exact) mass is 252 g/mol. The smallest absolute Gasteiger partial charge is 0.280 e. The summed E-state index contributed by atoms with van der Waals surface area (Å²) < 4.78 is -2.54. The minimum Gasteiger partial charge on any atom is -0.374 e. The Morgan fingerprint density at radius 2 is 1.83 bits per heavy atom. The molecule has 0 bridgehead atoms. The molecule has 70 valence electrons. The summed E-state index contributed by atoms with van der Waals surface area (Å²) in [6.45, 7) is 0. The Bertz CT molecular complexity index is 206. The van der Waals surface area contributed by atoms with Crippen LogP contribution in [0.1, 0.15) is 0 Å². The summed E-state index contributed by atoms with van der Waals surface area (Å²) in [6.07, 6.45) is 0. The number of halogens is 3. The van der Waals surface area contributed by atoms with Crippen molar-refractivity contribution in [2.24, 2.45) is 0 Å². The van der Waals surface area contributed by atoms with Crippen molar-refractivity contribution >= 4 is 57.0 Å². The highest BCUT2D eigenvalue weighted by molar-refractivity contribution is 8.03. The summed E-state index contributed by atoms with van der Waals surface area (Å²) in [4.78, 5) is 20.5. The number of aliphatic hydroxyl groups is 2. The quantitative estimate of drug-likeness (QED) is 0.432. The topological polar surface area (TPSA) is 74.6 Å². The second-order valence-corrected chi connectivity index (χ2v) is 4.37. The minimum absolute atomic E-state index is 0.0316. The van der Waals surface area contributed by atoms with E-state index in [9.17, 15) is 9.59 Å². The van der Waals surface area contributed by atoms with Gasteiger partial charge in [-0.25, -0.2) is 0 Å². The van der Waals surface area contributed by atoms with Crippen molar-refractivity contribution in [1.29, 1.82) is 0 Å². The first-order valence-corrected chi connectivity index (χ1v) is 4.45. The van der Waals surface area contributed by atoms with Gasteiger partial charge in [0, 0.05) is 0 Å². The number of carbonyl (C=O) groups excluding carboxylic acids is 2. The van der Waals surface area contributed by atoms with E-state index in [-0.39, 0.29) is 11.8 Å². The zero-order valence-electron chi connectivity index (χ0n) is 5.33. The van der Waals surface area contributed by atoms with Crippen molar-refractivity contribution in [1.82, 2.24) is 0 Å². The molecule has 0 aliphatic heterocycles. The first kappa shape index (κ1) is 12.5. The van der Waals surface area contributed by atoms with E-state index in [1.807, 2.05) is 0 Å². The lowest BCUT2D eigenvalue weighted by Gasteiger charge is -2.16. The molecule has 0 saturated heterocycles. The van der Waals surface area contributed by atoms with Gasteiger partial charge in [-0.05, 0) is 23.2 Å². The van der Waals surface area contributed by atoms with E-state index in [1.54, 1.807) is 0 Å². The zero-order valence-corrected chi connectivity index (χ0v) is 8.41. The molecule has 2 N–H and O–H groups in total. The van der Waals surface area contributed by atoms with Gasteiger partial charge in [0.1, 0.15) is 0 Å². The molecular weight excluding hydrogens is 250 g/mol. The molecule has 4 nitrogen and oxygen atoms in total. The standard InChI is InChI=1S/C4H3Cl3O4S/c5-1(8)2(9)12-4(7,11)3(6)10/h2,9,11H. The van der Waals surface area contributed by atoms with Crippen LogP contribution in [-0.4, -0.2) is 30.5 Å². The molecule has 0 aromatic rings. The van der Waals surface area contributed by atoms with Crippen LogP contribution in [0.15, 0.2) is 0 Å². The highest BCUT2D eigenvalue weighted by atomic mass is 35.5. The third-order valence-corrected chi connectivity index (χ3v) is 2.90. The van der Waals surface area contributed by atoms with Crippen LogP contribution < -0.4 is 0 Å². The summed E-state index contributed by atoms with van der Waals surface area (Å²) in [7, 11) is 0. The largest absolute Gasteiger partial charge is 0.374 e. The van der Waals surface area contributed by atoms with E-state index < -0.39 is 20.3 Å². The number of hydrogen-bond donors (Lipinski definition) is 2. The third kappa shape index (κ3) is 3.93. The van der Waals surface area contributed by atoms with E-state index in [4.69, 9.17) is 45.0 Å². The Kier molecular flexibility index (Phi) is 4.83. The predicted octanol–water partition coefficient (Wildman–Crippen LogP) is 0.454. The average molecular weight is 253 g/mol. The van der Waals surface area contributed by atoms with Gasteiger partial charge >= 0.3 is 0 Å². The highest BCUT2D eigenvalue weighted by Gasteiger charge is 2.37. The fourth-order valence-electron chi connectivity index (χ4n) is 0.241. The molecule has 0 rings (SSSR count). The number of thioether (sulfide) groups is 1. The van der Waals surface area contributed by atoms with E-state index in [1.165, 1.54) is 0 Å². The summed E-state index contributed by atoms with van der Waals surface area (Å²) >= 11 is 14.7. The second kappa shape index (κ2) is 4.64. The van der Waals surface area contributed by atoms with Crippen molar-refractivity contribution < 1.29 is 19.8 Å². The van der Waals surface area contributed by atoms with Crippen molar-refractivity contribution in [3.8, 4) is 0 Å².